The smallest absolute Gasteiger partial charge is 0.369 e. The Morgan fingerprint density at radius 1 is 1.29 bits per heavy atom. The molecule has 0 aromatic heterocycles. The van der Waals surface area contributed by atoms with Gasteiger partial charge in [0.05, 0.1) is 0 Å². The van der Waals surface area contributed by atoms with Crippen LogP contribution in [0.3, 0.4) is 0 Å². The van der Waals surface area contributed by atoms with E-state index in [1.54, 1.807) is 0 Å². The van der Waals surface area contributed by atoms with Gasteiger partial charge in [-0.05, 0) is 37.4 Å². The Hall–Kier alpha value is -0.430. The predicted octanol–water partition coefficient (Wildman–Crippen LogP) is 1.87. The van der Waals surface area contributed by atoms with Crippen LogP contribution in [0.2, 0.25) is 0 Å². The maximum Gasteiger partial charge on any atom is 0.441 e. The van der Waals surface area contributed by atoms with E-state index in [9.17, 15) is 18.0 Å². The fraction of sp³-hybridized carbons (Fsp3) is 0.900. The van der Waals surface area contributed by atoms with Gasteiger partial charge in [0.25, 0.3) is 0 Å². The third kappa shape index (κ3) is 6.16. The fourth-order valence-electron chi connectivity index (χ4n) is 2.01. The maximum absolute atomic E-state index is 11.8. The Balaban J connectivity index is 2.09. The lowest BCUT2D eigenvalue weighted by molar-refractivity contribution is -0.122. The zero-order valence-corrected chi connectivity index (χ0v) is 10.2. The molecule has 7 heteroatoms. The van der Waals surface area contributed by atoms with Crippen LogP contribution in [-0.4, -0.2) is 29.8 Å². The monoisotopic (exact) mass is 270 g/mol. The topological polar surface area (TPSA) is 55.1 Å². The number of hydrogen-bond donors (Lipinski definition) is 2. The van der Waals surface area contributed by atoms with E-state index in [2.05, 4.69) is 5.32 Å². The first-order valence-electron chi connectivity index (χ1n) is 5.62. The van der Waals surface area contributed by atoms with Crippen LogP contribution in [0.1, 0.15) is 25.7 Å². The highest BCUT2D eigenvalue weighted by Gasteiger charge is 2.28. The molecule has 0 aromatic rings. The van der Waals surface area contributed by atoms with Crippen molar-refractivity contribution in [1.29, 1.82) is 0 Å². The van der Waals surface area contributed by atoms with E-state index < -0.39 is 5.51 Å². The number of carbonyl (C=O) groups excluding carboxylic acids is 1. The van der Waals surface area contributed by atoms with Crippen molar-refractivity contribution in [2.75, 3.05) is 12.3 Å². The molecule has 17 heavy (non-hydrogen) atoms. The number of halogens is 3. The zero-order valence-electron chi connectivity index (χ0n) is 9.43. The fourth-order valence-corrected chi connectivity index (χ4v) is 2.46. The van der Waals surface area contributed by atoms with Crippen molar-refractivity contribution >= 4 is 17.7 Å². The molecule has 1 fully saturated rings. The van der Waals surface area contributed by atoms with E-state index in [4.69, 9.17) is 5.73 Å². The zero-order chi connectivity index (χ0) is 12.9. The standard InChI is InChI=1S/C10H17F3N2OS/c11-10(12,13)17-6-5-15-8-3-1-7(2-4-8)9(14)16/h7-8,15H,1-6H2,(H2,14,16). The molecule has 1 saturated carbocycles. The average molecular weight is 270 g/mol. The van der Waals surface area contributed by atoms with Crippen LogP contribution in [0.5, 0.6) is 0 Å². The molecular formula is C10H17F3N2OS. The average Bonchev–Trinajstić information content (AvgIpc) is 2.24. The lowest BCUT2D eigenvalue weighted by atomic mass is 9.86. The Morgan fingerprint density at radius 2 is 1.88 bits per heavy atom. The second kappa shape index (κ2) is 6.49. The van der Waals surface area contributed by atoms with Gasteiger partial charge in [-0.25, -0.2) is 0 Å². The highest BCUT2D eigenvalue weighted by molar-refractivity contribution is 8.00. The molecule has 1 aliphatic carbocycles. The van der Waals surface area contributed by atoms with Crippen molar-refractivity contribution in [2.45, 2.75) is 37.2 Å². The molecule has 0 radical (unpaired) electrons. The van der Waals surface area contributed by atoms with Gasteiger partial charge in [-0.2, -0.15) is 13.2 Å². The Kier molecular flexibility index (Phi) is 5.58. The third-order valence-corrected chi connectivity index (χ3v) is 3.67. The summed E-state index contributed by atoms with van der Waals surface area (Å²) in [6.07, 6.45) is 3.09. The Bertz CT molecular complexity index is 252. The van der Waals surface area contributed by atoms with Crippen molar-refractivity contribution in [2.24, 2.45) is 11.7 Å². The lowest BCUT2D eigenvalue weighted by Crippen LogP contribution is -2.37. The molecule has 0 aliphatic heterocycles. The van der Waals surface area contributed by atoms with Crippen molar-refractivity contribution in [3.63, 3.8) is 0 Å². The molecular weight excluding hydrogens is 253 g/mol. The molecule has 1 rings (SSSR count). The molecule has 1 aliphatic rings. The summed E-state index contributed by atoms with van der Waals surface area (Å²) in [4.78, 5) is 10.9. The minimum atomic E-state index is -4.15. The number of thioether (sulfide) groups is 1. The second-order valence-corrected chi connectivity index (χ2v) is 5.36. The molecule has 100 valence electrons. The van der Waals surface area contributed by atoms with Gasteiger partial charge in [-0.15, -0.1) is 0 Å². The van der Waals surface area contributed by atoms with Gasteiger partial charge in [-0.3, -0.25) is 4.79 Å². The van der Waals surface area contributed by atoms with Crippen LogP contribution in [0.25, 0.3) is 0 Å². The molecule has 3 N–H and O–H groups in total. The van der Waals surface area contributed by atoms with E-state index in [1.807, 2.05) is 0 Å². The summed E-state index contributed by atoms with van der Waals surface area (Å²) in [5.74, 6) is -0.298. The van der Waals surface area contributed by atoms with Crippen LogP contribution < -0.4 is 11.1 Å². The lowest BCUT2D eigenvalue weighted by Gasteiger charge is -2.27. The number of rotatable bonds is 5. The van der Waals surface area contributed by atoms with Crippen LogP contribution in [0, 0.1) is 5.92 Å². The molecule has 0 spiro atoms. The summed E-state index contributed by atoms with van der Waals surface area (Å²) in [5.41, 5.74) is 1.05. The summed E-state index contributed by atoms with van der Waals surface area (Å²) >= 11 is -0.00902. The highest BCUT2D eigenvalue weighted by atomic mass is 32.2. The maximum atomic E-state index is 11.8. The van der Waals surface area contributed by atoms with Gasteiger partial charge < -0.3 is 11.1 Å². The Morgan fingerprint density at radius 3 is 2.35 bits per heavy atom. The van der Waals surface area contributed by atoms with E-state index in [0.29, 0.717) is 6.54 Å². The summed E-state index contributed by atoms with van der Waals surface area (Å²) < 4.78 is 35.5. The van der Waals surface area contributed by atoms with Gasteiger partial charge in [0.1, 0.15) is 0 Å². The van der Waals surface area contributed by atoms with E-state index in [-0.39, 0.29) is 35.4 Å². The van der Waals surface area contributed by atoms with Crippen molar-refractivity contribution in [3.05, 3.63) is 0 Å². The van der Waals surface area contributed by atoms with Crippen molar-refractivity contribution in [3.8, 4) is 0 Å². The summed E-state index contributed by atoms with van der Waals surface area (Å²) in [7, 11) is 0. The highest BCUT2D eigenvalue weighted by Crippen LogP contribution is 2.29. The summed E-state index contributed by atoms with van der Waals surface area (Å²) in [6.45, 7) is 0.343. The van der Waals surface area contributed by atoms with Gasteiger partial charge in [-0.1, -0.05) is 0 Å². The first-order chi connectivity index (χ1) is 7.88. The molecule has 0 bridgehead atoms. The number of amides is 1. The quantitative estimate of drug-likeness (QED) is 0.750. The van der Waals surface area contributed by atoms with Crippen LogP contribution in [0.4, 0.5) is 13.2 Å². The van der Waals surface area contributed by atoms with Gasteiger partial charge in [0.15, 0.2) is 0 Å². The van der Waals surface area contributed by atoms with Crippen LogP contribution in [-0.2, 0) is 4.79 Å². The number of nitrogens with two attached hydrogens (primary N) is 1. The number of alkyl halides is 3. The molecule has 0 heterocycles. The third-order valence-electron chi connectivity index (χ3n) is 2.93. The van der Waals surface area contributed by atoms with Gasteiger partial charge >= 0.3 is 5.51 Å². The van der Waals surface area contributed by atoms with Crippen molar-refractivity contribution in [1.82, 2.24) is 5.32 Å². The molecule has 0 saturated heterocycles. The molecule has 3 nitrogen and oxygen atoms in total. The number of primary amides is 1. The second-order valence-electron chi connectivity index (χ2n) is 4.20. The van der Waals surface area contributed by atoms with Crippen LogP contribution >= 0.6 is 11.8 Å². The minimum absolute atomic E-state index is 0.00902. The molecule has 0 unspecified atom stereocenters. The van der Waals surface area contributed by atoms with Gasteiger partial charge in [0.2, 0.25) is 5.91 Å². The minimum Gasteiger partial charge on any atom is -0.369 e. The first kappa shape index (κ1) is 14.6. The summed E-state index contributed by atoms with van der Waals surface area (Å²) in [6, 6.07) is 0.222. The first-order valence-corrected chi connectivity index (χ1v) is 6.60. The normalized spacial score (nSPS) is 25.8. The summed E-state index contributed by atoms with van der Waals surface area (Å²) in [5, 5.41) is 3.08. The van der Waals surface area contributed by atoms with Gasteiger partial charge in [0, 0.05) is 24.3 Å². The van der Waals surface area contributed by atoms with Crippen molar-refractivity contribution < 1.29 is 18.0 Å². The van der Waals surface area contributed by atoms with E-state index in [1.165, 1.54) is 0 Å². The molecule has 0 aromatic carbocycles. The van der Waals surface area contributed by atoms with Crippen LogP contribution in [0.15, 0.2) is 0 Å². The van der Waals surface area contributed by atoms with E-state index >= 15 is 0 Å². The Labute approximate surface area is 103 Å². The number of carbonyl (C=O) groups is 1. The molecule has 1 amide bonds. The predicted molar refractivity (Wildman–Crippen MR) is 61.5 cm³/mol. The number of nitrogens with one attached hydrogen (secondary N) is 1. The SMILES string of the molecule is NC(=O)C1CCC(NCCSC(F)(F)F)CC1. The number of hydrogen-bond acceptors (Lipinski definition) is 3. The molecule has 0 atom stereocenters. The largest absolute Gasteiger partial charge is 0.441 e. The van der Waals surface area contributed by atoms with E-state index in [0.717, 1.165) is 25.7 Å².